The number of hydrogen-bond donors (Lipinski definition) is 0. The highest BCUT2D eigenvalue weighted by Gasteiger charge is 2.31. The van der Waals surface area contributed by atoms with Crippen LogP contribution in [0.4, 0.5) is 24.5 Å². The van der Waals surface area contributed by atoms with Crippen molar-refractivity contribution in [2.24, 2.45) is 0 Å². The molecule has 164 valence electrons. The van der Waals surface area contributed by atoms with Crippen LogP contribution in [-0.4, -0.2) is 55.2 Å². The molecule has 5 nitrogen and oxygen atoms in total. The van der Waals surface area contributed by atoms with Gasteiger partial charge in [0, 0.05) is 49.7 Å². The summed E-state index contributed by atoms with van der Waals surface area (Å²) >= 11 is 1.50. The van der Waals surface area contributed by atoms with E-state index in [1.165, 1.54) is 17.8 Å². The van der Waals surface area contributed by atoms with Gasteiger partial charge in [-0.25, -0.2) is 0 Å². The number of anilines is 2. The second-order valence-corrected chi connectivity index (χ2v) is 8.48. The maximum absolute atomic E-state index is 13.0. The molecule has 0 saturated carbocycles. The summed E-state index contributed by atoms with van der Waals surface area (Å²) in [6.45, 7) is 2.14. The van der Waals surface area contributed by atoms with Gasteiger partial charge in [-0.15, -0.1) is 11.8 Å². The van der Waals surface area contributed by atoms with Crippen LogP contribution in [0.25, 0.3) is 0 Å². The standard InChI is InChI=1S/C22H22F3N3O2S/c23-22(24,25)16-4-3-5-17(14-16)26-10-12-27(13-11-26)20(29)8-9-28-18-6-1-2-7-19(18)31-15-21(28)30/h1-7,14H,8-13,15H2. The van der Waals surface area contributed by atoms with E-state index in [0.29, 0.717) is 44.2 Å². The Morgan fingerprint density at radius 1 is 1.00 bits per heavy atom. The number of carbonyl (C=O) groups excluding carboxylic acids is 2. The van der Waals surface area contributed by atoms with Crippen LogP contribution in [-0.2, 0) is 15.8 Å². The summed E-state index contributed by atoms with van der Waals surface area (Å²) in [7, 11) is 0. The fourth-order valence-corrected chi connectivity index (χ4v) is 4.79. The average molecular weight is 449 g/mol. The Hall–Kier alpha value is -2.68. The summed E-state index contributed by atoms with van der Waals surface area (Å²) in [5.41, 5.74) is 0.675. The van der Waals surface area contributed by atoms with Crippen LogP contribution in [0.15, 0.2) is 53.4 Å². The summed E-state index contributed by atoms with van der Waals surface area (Å²) in [4.78, 5) is 31.3. The summed E-state index contributed by atoms with van der Waals surface area (Å²) in [6, 6.07) is 12.9. The third-order valence-electron chi connectivity index (χ3n) is 5.53. The fraction of sp³-hybridized carbons (Fsp3) is 0.364. The van der Waals surface area contributed by atoms with E-state index >= 15 is 0 Å². The maximum Gasteiger partial charge on any atom is 0.416 e. The summed E-state index contributed by atoms with van der Waals surface area (Å²) < 4.78 is 38.9. The van der Waals surface area contributed by atoms with Crippen LogP contribution in [0.2, 0.25) is 0 Å². The van der Waals surface area contributed by atoms with Crippen LogP contribution >= 0.6 is 11.8 Å². The highest BCUT2D eigenvalue weighted by atomic mass is 32.2. The SMILES string of the molecule is O=C(CCN1C(=O)CSc2ccccc21)N1CCN(c2cccc(C(F)(F)F)c2)CC1. The van der Waals surface area contributed by atoms with Crippen molar-refractivity contribution >= 4 is 35.0 Å². The van der Waals surface area contributed by atoms with Gasteiger partial charge in [-0.3, -0.25) is 9.59 Å². The zero-order chi connectivity index (χ0) is 22.0. The normalized spacial score (nSPS) is 17.0. The van der Waals surface area contributed by atoms with E-state index in [1.807, 2.05) is 29.2 Å². The third-order valence-corrected chi connectivity index (χ3v) is 6.58. The molecule has 0 aliphatic carbocycles. The van der Waals surface area contributed by atoms with Crippen LogP contribution in [0.1, 0.15) is 12.0 Å². The van der Waals surface area contributed by atoms with E-state index in [9.17, 15) is 22.8 Å². The van der Waals surface area contributed by atoms with E-state index in [-0.39, 0.29) is 18.2 Å². The number of fused-ring (bicyclic) bond motifs is 1. The molecule has 4 rings (SSSR count). The number of nitrogens with zero attached hydrogens (tertiary/aromatic N) is 3. The van der Waals surface area contributed by atoms with Gasteiger partial charge in [-0.1, -0.05) is 18.2 Å². The molecule has 2 heterocycles. The van der Waals surface area contributed by atoms with Crippen molar-refractivity contribution in [3.05, 3.63) is 54.1 Å². The van der Waals surface area contributed by atoms with Crippen LogP contribution in [0, 0.1) is 0 Å². The van der Waals surface area contributed by atoms with Crippen LogP contribution in [0.3, 0.4) is 0 Å². The van der Waals surface area contributed by atoms with Crippen molar-refractivity contribution < 1.29 is 22.8 Å². The molecule has 0 atom stereocenters. The molecule has 9 heteroatoms. The number of thioether (sulfide) groups is 1. The van der Waals surface area contributed by atoms with Gasteiger partial charge in [0.25, 0.3) is 0 Å². The Bertz CT molecular complexity index is 974. The first-order valence-electron chi connectivity index (χ1n) is 10.0. The number of carbonyl (C=O) groups is 2. The Kier molecular flexibility index (Phi) is 6.13. The summed E-state index contributed by atoms with van der Waals surface area (Å²) in [6.07, 6.45) is -4.16. The monoisotopic (exact) mass is 449 g/mol. The minimum atomic E-state index is -4.38. The van der Waals surface area contributed by atoms with E-state index in [0.717, 1.165) is 22.7 Å². The van der Waals surface area contributed by atoms with Gasteiger partial charge >= 0.3 is 6.18 Å². The lowest BCUT2D eigenvalue weighted by atomic mass is 10.1. The van der Waals surface area contributed by atoms with Crippen LogP contribution in [0.5, 0.6) is 0 Å². The summed E-state index contributed by atoms with van der Waals surface area (Å²) in [5.74, 6) is 0.305. The molecule has 1 saturated heterocycles. The Morgan fingerprint density at radius 2 is 1.74 bits per heavy atom. The molecule has 0 N–H and O–H groups in total. The van der Waals surface area contributed by atoms with Crippen molar-refractivity contribution in [2.75, 3.05) is 48.3 Å². The molecule has 0 bridgehead atoms. The number of alkyl halides is 3. The minimum Gasteiger partial charge on any atom is -0.368 e. The molecule has 2 aromatic carbocycles. The third kappa shape index (κ3) is 4.81. The molecule has 2 aliphatic heterocycles. The van der Waals surface area contributed by atoms with Gasteiger partial charge in [0.1, 0.15) is 0 Å². The molecule has 0 spiro atoms. The van der Waals surface area contributed by atoms with Gasteiger partial charge in [0.2, 0.25) is 11.8 Å². The fourth-order valence-electron chi connectivity index (χ4n) is 3.86. The zero-order valence-corrected chi connectivity index (χ0v) is 17.6. The van der Waals surface area contributed by atoms with E-state index in [4.69, 9.17) is 0 Å². The average Bonchev–Trinajstić information content (AvgIpc) is 2.78. The molecular formula is C22H22F3N3O2S. The van der Waals surface area contributed by atoms with Gasteiger partial charge in [-0.05, 0) is 30.3 Å². The van der Waals surface area contributed by atoms with Crippen molar-refractivity contribution in [3.63, 3.8) is 0 Å². The number of rotatable bonds is 4. The lowest BCUT2D eigenvalue weighted by Crippen LogP contribution is -2.49. The number of para-hydroxylation sites is 1. The Labute approximate surface area is 182 Å². The lowest BCUT2D eigenvalue weighted by Gasteiger charge is -2.37. The van der Waals surface area contributed by atoms with E-state index < -0.39 is 11.7 Å². The van der Waals surface area contributed by atoms with Crippen molar-refractivity contribution in [1.82, 2.24) is 4.90 Å². The largest absolute Gasteiger partial charge is 0.416 e. The van der Waals surface area contributed by atoms with E-state index in [2.05, 4.69) is 0 Å². The van der Waals surface area contributed by atoms with Crippen molar-refractivity contribution in [2.45, 2.75) is 17.5 Å². The van der Waals surface area contributed by atoms with Crippen molar-refractivity contribution in [1.29, 1.82) is 0 Å². The molecule has 31 heavy (non-hydrogen) atoms. The maximum atomic E-state index is 13.0. The van der Waals surface area contributed by atoms with Gasteiger partial charge in [0.15, 0.2) is 0 Å². The molecule has 2 aromatic rings. The second kappa shape index (κ2) is 8.82. The van der Waals surface area contributed by atoms with Gasteiger partial charge in [0.05, 0.1) is 17.0 Å². The number of benzene rings is 2. The first kappa shape index (κ1) is 21.5. The van der Waals surface area contributed by atoms with Gasteiger partial charge < -0.3 is 14.7 Å². The molecule has 0 unspecified atom stereocenters. The first-order chi connectivity index (χ1) is 14.8. The van der Waals surface area contributed by atoms with Crippen molar-refractivity contribution in [3.8, 4) is 0 Å². The number of piperazine rings is 1. The van der Waals surface area contributed by atoms with Gasteiger partial charge in [-0.2, -0.15) is 13.2 Å². The van der Waals surface area contributed by atoms with E-state index in [1.54, 1.807) is 15.9 Å². The highest BCUT2D eigenvalue weighted by molar-refractivity contribution is 8.00. The van der Waals surface area contributed by atoms with Crippen LogP contribution < -0.4 is 9.80 Å². The smallest absolute Gasteiger partial charge is 0.368 e. The quantitative estimate of drug-likeness (QED) is 0.711. The zero-order valence-electron chi connectivity index (χ0n) is 16.8. The molecule has 0 radical (unpaired) electrons. The Balaban J connectivity index is 1.33. The topological polar surface area (TPSA) is 43.9 Å². The minimum absolute atomic E-state index is 0.00846. The predicted octanol–water partition coefficient (Wildman–Crippen LogP) is 3.88. The Morgan fingerprint density at radius 3 is 2.48 bits per heavy atom. The molecule has 2 aliphatic rings. The molecular weight excluding hydrogens is 427 g/mol. The first-order valence-corrected chi connectivity index (χ1v) is 11.0. The second-order valence-electron chi connectivity index (χ2n) is 7.47. The lowest BCUT2D eigenvalue weighted by molar-refractivity contribution is -0.137. The molecule has 2 amide bonds. The highest BCUT2D eigenvalue weighted by Crippen LogP contribution is 2.35. The molecule has 1 fully saturated rings. The molecule has 0 aromatic heterocycles. The summed E-state index contributed by atoms with van der Waals surface area (Å²) in [5, 5.41) is 0. The number of hydrogen-bond acceptors (Lipinski definition) is 4. The number of amides is 2. The number of halogens is 3. The predicted molar refractivity (Wildman–Crippen MR) is 114 cm³/mol.